The van der Waals surface area contributed by atoms with Crippen molar-refractivity contribution in [2.45, 2.75) is 13.8 Å². The fourth-order valence-corrected chi connectivity index (χ4v) is 2.21. The van der Waals surface area contributed by atoms with Gasteiger partial charge in [0.15, 0.2) is 5.82 Å². The van der Waals surface area contributed by atoms with Gasteiger partial charge in [-0.25, -0.2) is 0 Å². The molecule has 0 aliphatic rings. The number of nitrogens with zero attached hydrogens (tertiary/aromatic N) is 4. The Balaban J connectivity index is 2.55. The third-order valence-corrected chi connectivity index (χ3v) is 3.70. The van der Waals surface area contributed by atoms with Crippen LogP contribution in [-0.2, 0) is 0 Å². The zero-order valence-corrected chi connectivity index (χ0v) is 12.8. The fraction of sp³-hybridized carbons (Fsp3) is 0.308. The van der Waals surface area contributed by atoms with E-state index < -0.39 is 0 Å². The Morgan fingerprint density at radius 3 is 2.45 bits per heavy atom. The van der Waals surface area contributed by atoms with Crippen molar-refractivity contribution in [1.82, 2.24) is 15.0 Å². The van der Waals surface area contributed by atoms with Crippen LogP contribution in [0.2, 0.25) is 10.0 Å². The average Bonchev–Trinajstić information content (AvgIpc) is 2.42. The van der Waals surface area contributed by atoms with Gasteiger partial charge in [0.1, 0.15) is 0 Å². The number of hydrogen-bond acceptors (Lipinski definition) is 5. The van der Waals surface area contributed by atoms with Gasteiger partial charge in [0.2, 0.25) is 11.9 Å². The van der Waals surface area contributed by atoms with Crippen molar-refractivity contribution >= 4 is 35.1 Å². The molecule has 0 fully saturated rings. The van der Waals surface area contributed by atoms with E-state index in [1.807, 2.05) is 18.7 Å². The van der Waals surface area contributed by atoms with Crippen molar-refractivity contribution < 1.29 is 0 Å². The molecule has 0 aliphatic heterocycles. The summed E-state index contributed by atoms with van der Waals surface area (Å²) in [6, 6.07) is 5.30. The normalized spacial score (nSPS) is 10.6. The summed E-state index contributed by atoms with van der Waals surface area (Å²) in [5.74, 6) is 1.12. The molecule has 0 radical (unpaired) electrons. The Bertz CT molecular complexity index is 614. The number of halogens is 2. The SMILES string of the molecule is CCN(CC)c1nc(N)nc(-c2cccc(Cl)c2Cl)n1. The van der Waals surface area contributed by atoms with Gasteiger partial charge in [0, 0.05) is 18.7 Å². The molecule has 20 heavy (non-hydrogen) atoms. The van der Waals surface area contributed by atoms with Crippen LogP contribution in [0.1, 0.15) is 13.8 Å². The average molecular weight is 312 g/mol. The van der Waals surface area contributed by atoms with Crippen molar-refractivity contribution in [2.75, 3.05) is 23.7 Å². The van der Waals surface area contributed by atoms with Crippen molar-refractivity contribution in [3.8, 4) is 11.4 Å². The maximum absolute atomic E-state index is 6.19. The van der Waals surface area contributed by atoms with Crippen molar-refractivity contribution in [2.24, 2.45) is 0 Å². The number of benzene rings is 1. The molecule has 1 heterocycles. The van der Waals surface area contributed by atoms with E-state index in [1.165, 1.54) is 0 Å². The highest BCUT2D eigenvalue weighted by Gasteiger charge is 2.14. The molecule has 0 saturated carbocycles. The molecule has 7 heteroatoms. The van der Waals surface area contributed by atoms with Crippen LogP contribution in [0.3, 0.4) is 0 Å². The van der Waals surface area contributed by atoms with E-state index in [4.69, 9.17) is 28.9 Å². The maximum atomic E-state index is 6.19. The van der Waals surface area contributed by atoms with Crippen molar-refractivity contribution in [1.29, 1.82) is 0 Å². The molecule has 106 valence electrons. The lowest BCUT2D eigenvalue weighted by Gasteiger charge is -2.19. The standard InChI is InChI=1S/C13H15Cl2N5/c1-3-20(4-2)13-18-11(17-12(16)19-13)8-6-5-7-9(14)10(8)15/h5-7H,3-4H2,1-2H3,(H2,16,17,18,19). The summed E-state index contributed by atoms with van der Waals surface area (Å²) in [5, 5.41) is 0.859. The topological polar surface area (TPSA) is 67.9 Å². The lowest BCUT2D eigenvalue weighted by Crippen LogP contribution is -2.25. The number of nitrogen functional groups attached to an aromatic ring is 1. The number of nitrogens with two attached hydrogens (primary N) is 1. The van der Waals surface area contributed by atoms with Gasteiger partial charge in [-0.05, 0) is 26.0 Å². The van der Waals surface area contributed by atoms with Crippen LogP contribution in [0.4, 0.5) is 11.9 Å². The predicted molar refractivity (Wildman–Crippen MR) is 83.3 cm³/mol. The third-order valence-electron chi connectivity index (χ3n) is 2.88. The Kier molecular flexibility index (Phi) is 4.62. The van der Waals surface area contributed by atoms with E-state index in [1.54, 1.807) is 18.2 Å². The van der Waals surface area contributed by atoms with E-state index >= 15 is 0 Å². The van der Waals surface area contributed by atoms with Crippen LogP contribution in [-0.4, -0.2) is 28.0 Å². The minimum absolute atomic E-state index is 0.160. The van der Waals surface area contributed by atoms with Crippen LogP contribution in [0.15, 0.2) is 18.2 Å². The Labute approximate surface area is 127 Å². The summed E-state index contributed by atoms with van der Waals surface area (Å²) in [4.78, 5) is 14.7. The Morgan fingerprint density at radius 1 is 1.10 bits per heavy atom. The summed E-state index contributed by atoms with van der Waals surface area (Å²) in [7, 11) is 0. The first kappa shape index (κ1) is 14.8. The predicted octanol–water partition coefficient (Wildman–Crippen LogP) is 3.27. The molecule has 0 spiro atoms. The second kappa shape index (κ2) is 6.24. The smallest absolute Gasteiger partial charge is 0.230 e. The summed E-state index contributed by atoms with van der Waals surface area (Å²) in [6.07, 6.45) is 0. The second-order valence-corrected chi connectivity index (χ2v) is 4.88. The zero-order chi connectivity index (χ0) is 14.7. The first-order valence-corrected chi connectivity index (χ1v) is 7.03. The minimum atomic E-state index is 0.160. The van der Waals surface area contributed by atoms with E-state index in [-0.39, 0.29) is 5.95 Å². The molecule has 0 amide bonds. The molecular weight excluding hydrogens is 297 g/mol. The molecule has 0 aliphatic carbocycles. The monoisotopic (exact) mass is 311 g/mol. The Hall–Kier alpha value is -1.59. The number of anilines is 2. The molecule has 5 nitrogen and oxygen atoms in total. The molecule has 0 saturated heterocycles. The highest BCUT2D eigenvalue weighted by Crippen LogP contribution is 2.32. The number of rotatable bonds is 4. The third kappa shape index (κ3) is 2.94. The van der Waals surface area contributed by atoms with Gasteiger partial charge in [-0.15, -0.1) is 0 Å². The highest BCUT2D eigenvalue weighted by molar-refractivity contribution is 6.43. The lowest BCUT2D eigenvalue weighted by molar-refractivity contribution is 0.816. The van der Waals surface area contributed by atoms with E-state index in [9.17, 15) is 0 Å². The molecule has 0 atom stereocenters. The number of hydrogen-bond donors (Lipinski definition) is 1. The van der Waals surface area contributed by atoms with Crippen LogP contribution in [0.25, 0.3) is 11.4 Å². The second-order valence-electron chi connectivity index (χ2n) is 4.09. The molecule has 1 aromatic carbocycles. The van der Waals surface area contributed by atoms with Gasteiger partial charge in [0.25, 0.3) is 0 Å². The summed E-state index contributed by atoms with van der Waals surface area (Å²) in [6.45, 7) is 5.61. The number of aromatic nitrogens is 3. The molecule has 0 unspecified atom stereocenters. The van der Waals surface area contributed by atoms with Gasteiger partial charge in [-0.1, -0.05) is 29.3 Å². The van der Waals surface area contributed by atoms with Gasteiger partial charge < -0.3 is 10.6 Å². The molecule has 2 aromatic rings. The Morgan fingerprint density at radius 2 is 1.80 bits per heavy atom. The lowest BCUT2D eigenvalue weighted by atomic mass is 10.2. The van der Waals surface area contributed by atoms with E-state index in [2.05, 4.69) is 15.0 Å². The van der Waals surface area contributed by atoms with Gasteiger partial charge in [0.05, 0.1) is 10.0 Å². The van der Waals surface area contributed by atoms with Crippen molar-refractivity contribution in [3.05, 3.63) is 28.2 Å². The fourth-order valence-electron chi connectivity index (χ4n) is 1.83. The quantitative estimate of drug-likeness (QED) is 0.938. The first-order valence-electron chi connectivity index (χ1n) is 6.27. The molecule has 1 aromatic heterocycles. The van der Waals surface area contributed by atoms with Gasteiger partial charge in [-0.2, -0.15) is 15.0 Å². The summed E-state index contributed by atoms with van der Waals surface area (Å²) in [5.41, 5.74) is 6.41. The van der Waals surface area contributed by atoms with Crippen LogP contribution in [0, 0.1) is 0 Å². The maximum Gasteiger partial charge on any atom is 0.230 e. The molecule has 2 rings (SSSR count). The summed E-state index contributed by atoms with van der Waals surface area (Å²) < 4.78 is 0. The van der Waals surface area contributed by atoms with Crippen molar-refractivity contribution in [3.63, 3.8) is 0 Å². The van der Waals surface area contributed by atoms with E-state index in [0.29, 0.717) is 27.4 Å². The highest BCUT2D eigenvalue weighted by atomic mass is 35.5. The molecule has 2 N–H and O–H groups in total. The van der Waals surface area contributed by atoms with Crippen LogP contribution >= 0.6 is 23.2 Å². The zero-order valence-electron chi connectivity index (χ0n) is 11.3. The van der Waals surface area contributed by atoms with Crippen LogP contribution < -0.4 is 10.6 Å². The van der Waals surface area contributed by atoms with E-state index in [0.717, 1.165) is 13.1 Å². The largest absolute Gasteiger partial charge is 0.368 e. The van der Waals surface area contributed by atoms with Crippen LogP contribution in [0.5, 0.6) is 0 Å². The van der Waals surface area contributed by atoms with Gasteiger partial charge >= 0.3 is 0 Å². The van der Waals surface area contributed by atoms with Gasteiger partial charge in [-0.3, -0.25) is 0 Å². The molecular formula is C13H15Cl2N5. The minimum Gasteiger partial charge on any atom is -0.368 e. The summed E-state index contributed by atoms with van der Waals surface area (Å²) >= 11 is 12.2. The molecule has 0 bridgehead atoms. The first-order chi connectivity index (χ1) is 9.56.